The molecule has 2 aliphatic heterocycles. The van der Waals surface area contributed by atoms with Crippen molar-refractivity contribution in [3.8, 4) is 0 Å². The number of aromatic carboxylic acids is 1. The van der Waals surface area contributed by atoms with E-state index in [-0.39, 0.29) is 11.8 Å². The molecule has 2 aliphatic rings. The summed E-state index contributed by atoms with van der Waals surface area (Å²) in [5, 5.41) is 9.34. The van der Waals surface area contributed by atoms with Crippen molar-refractivity contribution in [2.24, 2.45) is 5.92 Å². The van der Waals surface area contributed by atoms with Crippen LogP contribution in [0.1, 0.15) is 53.9 Å². The van der Waals surface area contributed by atoms with Crippen molar-refractivity contribution in [3.05, 3.63) is 35.4 Å². The van der Waals surface area contributed by atoms with Crippen LogP contribution in [0.3, 0.4) is 0 Å². The van der Waals surface area contributed by atoms with Crippen molar-refractivity contribution in [2.75, 3.05) is 26.3 Å². The van der Waals surface area contributed by atoms with Crippen LogP contribution in [0.25, 0.3) is 0 Å². The average molecular weight is 331 g/mol. The lowest BCUT2D eigenvalue weighted by Crippen LogP contribution is -2.38. The smallest absolute Gasteiger partial charge is 0.335 e. The maximum absolute atomic E-state index is 12.4. The van der Waals surface area contributed by atoms with Gasteiger partial charge in [0.2, 0.25) is 5.91 Å². The Morgan fingerprint density at radius 1 is 1.17 bits per heavy atom. The number of carboxylic acids is 1. The number of carboxylic acid groups (broad SMARTS) is 1. The Hall–Kier alpha value is -1.88. The molecular formula is C19H25NO4. The number of ether oxygens (including phenoxy) is 1. The minimum atomic E-state index is -0.872. The molecule has 0 aliphatic carbocycles. The fourth-order valence-electron chi connectivity index (χ4n) is 3.78. The van der Waals surface area contributed by atoms with Gasteiger partial charge in [-0.3, -0.25) is 4.79 Å². The standard InChI is InChI=1S/C19H25NO4/c21-18(6-5-14-9-12-24-13-14)20-10-7-15(8-11-20)16-3-1-2-4-17(16)19(22)23/h1-4,14-15H,5-13H2,(H,22,23). The SMILES string of the molecule is O=C(O)c1ccccc1C1CCN(C(=O)CCC2CCOC2)CC1. The van der Waals surface area contributed by atoms with E-state index in [1.54, 1.807) is 12.1 Å². The number of benzene rings is 1. The van der Waals surface area contributed by atoms with E-state index in [0.29, 0.717) is 17.9 Å². The van der Waals surface area contributed by atoms with Crippen molar-refractivity contribution in [2.45, 2.75) is 38.0 Å². The van der Waals surface area contributed by atoms with Gasteiger partial charge >= 0.3 is 5.97 Å². The zero-order chi connectivity index (χ0) is 16.9. The molecule has 0 bridgehead atoms. The first-order valence-corrected chi connectivity index (χ1v) is 8.83. The van der Waals surface area contributed by atoms with Gasteiger partial charge in [0.05, 0.1) is 5.56 Å². The number of amides is 1. The predicted octanol–water partition coefficient (Wildman–Crippen LogP) is 2.91. The van der Waals surface area contributed by atoms with Gasteiger partial charge in [-0.15, -0.1) is 0 Å². The molecule has 1 atom stereocenters. The van der Waals surface area contributed by atoms with Crippen LogP contribution in [-0.2, 0) is 9.53 Å². The van der Waals surface area contributed by atoms with Gasteiger partial charge in [0, 0.05) is 32.7 Å². The van der Waals surface area contributed by atoms with E-state index in [4.69, 9.17) is 4.74 Å². The highest BCUT2D eigenvalue weighted by Crippen LogP contribution is 2.31. The van der Waals surface area contributed by atoms with Crippen LogP contribution in [0.2, 0.25) is 0 Å². The molecule has 2 fully saturated rings. The molecule has 1 amide bonds. The molecule has 1 aromatic carbocycles. The molecule has 24 heavy (non-hydrogen) atoms. The van der Waals surface area contributed by atoms with Crippen LogP contribution in [0, 0.1) is 5.92 Å². The highest BCUT2D eigenvalue weighted by Gasteiger charge is 2.27. The highest BCUT2D eigenvalue weighted by molar-refractivity contribution is 5.89. The number of hydrogen-bond donors (Lipinski definition) is 1. The normalized spacial score (nSPS) is 21.8. The van der Waals surface area contributed by atoms with Gasteiger partial charge in [0.1, 0.15) is 0 Å². The Balaban J connectivity index is 1.52. The Labute approximate surface area is 142 Å². The quantitative estimate of drug-likeness (QED) is 0.901. The summed E-state index contributed by atoms with van der Waals surface area (Å²) in [4.78, 5) is 25.7. The fourth-order valence-corrected chi connectivity index (χ4v) is 3.78. The minimum Gasteiger partial charge on any atom is -0.478 e. The zero-order valence-corrected chi connectivity index (χ0v) is 13.9. The van der Waals surface area contributed by atoms with Crippen molar-refractivity contribution >= 4 is 11.9 Å². The molecule has 3 rings (SSSR count). The van der Waals surface area contributed by atoms with E-state index in [2.05, 4.69) is 0 Å². The molecule has 130 valence electrons. The van der Waals surface area contributed by atoms with Crippen molar-refractivity contribution in [3.63, 3.8) is 0 Å². The van der Waals surface area contributed by atoms with Gasteiger partial charge in [-0.1, -0.05) is 18.2 Å². The molecule has 5 heteroatoms. The summed E-state index contributed by atoms with van der Waals surface area (Å²) < 4.78 is 5.36. The first-order valence-electron chi connectivity index (χ1n) is 8.83. The first kappa shape index (κ1) is 17.0. The summed E-state index contributed by atoms with van der Waals surface area (Å²) in [5.41, 5.74) is 1.30. The molecule has 2 saturated heterocycles. The van der Waals surface area contributed by atoms with Crippen LogP contribution < -0.4 is 0 Å². The van der Waals surface area contributed by atoms with Gasteiger partial charge in [-0.2, -0.15) is 0 Å². The number of carbonyl (C=O) groups is 2. The van der Waals surface area contributed by atoms with Crippen LogP contribution in [0.15, 0.2) is 24.3 Å². The molecule has 0 spiro atoms. The number of likely N-dealkylation sites (tertiary alicyclic amines) is 1. The molecule has 0 aromatic heterocycles. The van der Waals surface area contributed by atoms with E-state index < -0.39 is 5.97 Å². The molecule has 0 saturated carbocycles. The number of hydrogen-bond acceptors (Lipinski definition) is 3. The topological polar surface area (TPSA) is 66.8 Å². The third-order valence-electron chi connectivity index (χ3n) is 5.27. The van der Waals surface area contributed by atoms with Crippen LogP contribution in [0.5, 0.6) is 0 Å². The lowest BCUT2D eigenvalue weighted by atomic mass is 9.86. The highest BCUT2D eigenvalue weighted by atomic mass is 16.5. The molecule has 1 N–H and O–H groups in total. The summed E-state index contributed by atoms with van der Waals surface area (Å²) in [6.07, 6.45) is 4.26. The van der Waals surface area contributed by atoms with Gasteiger partial charge in [-0.05, 0) is 49.1 Å². The maximum atomic E-state index is 12.4. The summed E-state index contributed by atoms with van der Waals surface area (Å²) in [7, 11) is 0. The van der Waals surface area contributed by atoms with Gasteiger partial charge in [0.15, 0.2) is 0 Å². The maximum Gasteiger partial charge on any atom is 0.335 e. The summed E-state index contributed by atoms with van der Waals surface area (Å²) in [6.45, 7) is 3.06. The van der Waals surface area contributed by atoms with E-state index in [9.17, 15) is 14.7 Å². The second-order valence-electron chi connectivity index (χ2n) is 6.82. The number of carbonyl (C=O) groups excluding carboxylic acids is 1. The van der Waals surface area contributed by atoms with Gasteiger partial charge < -0.3 is 14.7 Å². The molecule has 0 radical (unpaired) electrons. The summed E-state index contributed by atoms with van der Waals surface area (Å²) in [6, 6.07) is 7.23. The van der Waals surface area contributed by atoms with E-state index in [1.807, 2.05) is 17.0 Å². The lowest BCUT2D eigenvalue weighted by Gasteiger charge is -2.33. The Morgan fingerprint density at radius 3 is 2.58 bits per heavy atom. The van der Waals surface area contributed by atoms with E-state index in [1.165, 1.54) is 0 Å². The first-order chi connectivity index (χ1) is 11.6. The molecular weight excluding hydrogens is 306 g/mol. The predicted molar refractivity (Wildman–Crippen MR) is 90.1 cm³/mol. The lowest BCUT2D eigenvalue weighted by molar-refractivity contribution is -0.132. The second-order valence-corrected chi connectivity index (χ2v) is 6.82. The average Bonchev–Trinajstić information content (AvgIpc) is 3.13. The summed E-state index contributed by atoms with van der Waals surface area (Å²) in [5.74, 6) is 0.119. The fraction of sp³-hybridized carbons (Fsp3) is 0.579. The zero-order valence-electron chi connectivity index (χ0n) is 13.9. The van der Waals surface area contributed by atoms with Crippen LogP contribution in [0.4, 0.5) is 0 Å². The summed E-state index contributed by atoms with van der Waals surface area (Å²) >= 11 is 0. The Morgan fingerprint density at radius 2 is 1.92 bits per heavy atom. The van der Waals surface area contributed by atoms with Gasteiger partial charge in [-0.25, -0.2) is 4.79 Å². The monoisotopic (exact) mass is 331 g/mol. The molecule has 1 unspecified atom stereocenters. The second kappa shape index (κ2) is 7.79. The number of nitrogens with zero attached hydrogens (tertiary/aromatic N) is 1. The third-order valence-corrected chi connectivity index (χ3v) is 5.27. The number of rotatable bonds is 5. The van der Waals surface area contributed by atoms with Crippen molar-refractivity contribution in [1.82, 2.24) is 4.90 Å². The van der Waals surface area contributed by atoms with Crippen molar-refractivity contribution < 1.29 is 19.4 Å². The largest absolute Gasteiger partial charge is 0.478 e. The van der Waals surface area contributed by atoms with Crippen LogP contribution >= 0.6 is 0 Å². The number of piperidine rings is 1. The Bertz CT molecular complexity index is 587. The van der Waals surface area contributed by atoms with E-state index in [0.717, 1.165) is 57.6 Å². The molecule has 1 aromatic rings. The van der Waals surface area contributed by atoms with Crippen molar-refractivity contribution in [1.29, 1.82) is 0 Å². The molecule has 5 nitrogen and oxygen atoms in total. The van der Waals surface area contributed by atoms with E-state index >= 15 is 0 Å². The van der Waals surface area contributed by atoms with Crippen LogP contribution in [-0.4, -0.2) is 48.2 Å². The van der Waals surface area contributed by atoms with Gasteiger partial charge in [0.25, 0.3) is 0 Å². The Kier molecular flexibility index (Phi) is 5.51. The molecule has 2 heterocycles. The third kappa shape index (κ3) is 3.96. The minimum absolute atomic E-state index is 0.226.